The van der Waals surface area contributed by atoms with Gasteiger partial charge in [-0.1, -0.05) is 23.3 Å². The van der Waals surface area contributed by atoms with Crippen molar-refractivity contribution >= 4 is 32.9 Å². The molecular formula is C20H22N2O3S. The first-order valence-corrected chi connectivity index (χ1v) is 9.82. The first-order valence-electron chi connectivity index (χ1n) is 8.34. The van der Waals surface area contributed by atoms with Crippen LogP contribution in [-0.4, -0.2) is 14.3 Å². The lowest BCUT2D eigenvalue weighted by Gasteiger charge is -2.15. The lowest BCUT2D eigenvalue weighted by Crippen LogP contribution is -2.15. The molecule has 0 bridgehead atoms. The molecule has 1 aliphatic heterocycles. The van der Waals surface area contributed by atoms with E-state index in [0.717, 1.165) is 22.3 Å². The topological polar surface area (TPSA) is 75.3 Å². The van der Waals surface area contributed by atoms with Crippen molar-refractivity contribution in [2.24, 2.45) is 0 Å². The highest BCUT2D eigenvalue weighted by molar-refractivity contribution is 7.92. The summed E-state index contributed by atoms with van der Waals surface area (Å²) in [6, 6.07) is 8.58. The van der Waals surface area contributed by atoms with Crippen molar-refractivity contribution in [2.75, 3.05) is 10.0 Å². The van der Waals surface area contributed by atoms with Crippen LogP contribution in [-0.2, 0) is 14.8 Å². The number of carbonyl (C=O) groups is 1. The minimum absolute atomic E-state index is 0.130. The number of sulfonamides is 1. The van der Waals surface area contributed by atoms with Crippen LogP contribution in [0, 0.1) is 20.8 Å². The van der Waals surface area contributed by atoms with E-state index >= 15 is 0 Å². The van der Waals surface area contributed by atoms with Gasteiger partial charge in [-0.15, -0.1) is 0 Å². The Labute approximate surface area is 154 Å². The van der Waals surface area contributed by atoms with Crippen molar-refractivity contribution < 1.29 is 13.2 Å². The lowest BCUT2D eigenvalue weighted by molar-refractivity contribution is -0.110. The van der Waals surface area contributed by atoms with Crippen molar-refractivity contribution in [3.8, 4) is 0 Å². The molecule has 26 heavy (non-hydrogen) atoms. The minimum atomic E-state index is -3.77. The molecule has 0 aliphatic carbocycles. The van der Waals surface area contributed by atoms with Crippen LogP contribution in [0.4, 0.5) is 11.4 Å². The molecule has 0 fully saturated rings. The Bertz CT molecular complexity index is 1040. The van der Waals surface area contributed by atoms with Gasteiger partial charge in [0.25, 0.3) is 15.9 Å². The summed E-state index contributed by atoms with van der Waals surface area (Å²) in [6.07, 6.45) is 0. The molecule has 1 amide bonds. The van der Waals surface area contributed by atoms with Crippen LogP contribution in [0.2, 0.25) is 0 Å². The van der Waals surface area contributed by atoms with Gasteiger partial charge in [0, 0.05) is 16.8 Å². The standard InChI is InChI=1S/C20H22N2O3S/c1-11(2)18-16-10-15(6-7-17(16)21-20(18)23)26(24,25)22-19-13(4)8-12(3)9-14(19)5/h6-10,22H,1-5H3,(H,21,23). The van der Waals surface area contributed by atoms with Crippen LogP contribution >= 0.6 is 0 Å². The second kappa shape index (κ2) is 6.29. The van der Waals surface area contributed by atoms with E-state index in [1.165, 1.54) is 6.07 Å². The molecule has 0 aromatic heterocycles. The maximum absolute atomic E-state index is 12.9. The number of hydrogen-bond acceptors (Lipinski definition) is 3. The van der Waals surface area contributed by atoms with Gasteiger partial charge in [0.1, 0.15) is 0 Å². The highest BCUT2D eigenvalue weighted by Crippen LogP contribution is 2.36. The zero-order valence-electron chi connectivity index (χ0n) is 15.5. The normalized spacial score (nSPS) is 13.4. The number of aryl methyl sites for hydroxylation is 3. The van der Waals surface area contributed by atoms with Crippen molar-refractivity contribution in [2.45, 2.75) is 39.5 Å². The Kier molecular flexibility index (Phi) is 4.40. The van der Waals surface area contributed by atoms with E-state index in [0.29, 0.717) is 22.5 Å². The third-order valence-electron chi connectivity index (χ3n) is 4.46. The SMILES string of the molecule is CC(C)=C1C(=O)Nc2ccc(S(=O)(=O)Nc3c(C)cc(C)cc3C)cc21. The fourth-order valence-corrected chi connectivity index (χ4v) is 4.57. The number of allylic oxidation sites excluding steroid dienone is 1. The summed E-state index contributed by atoms with van der Waals surface area (Å²) >= 11 is 0. The molecule has 2 aromatic rings. The van der Waals surface area contributed by atoms with E-state index < -0.39 is 10.0 Å². The van der Waals surface area contributed by atoms with Crippen LogP contribution in [0.5, 0.6) is 0 Å². The third kappa shape index (κ3) is 3.12. The van der Waals surface area contributed by atoms with Crippen LogP contribution in [0.15, 0.2) is 40.8 Å². The molecule has 3 rings (SSSR count). The highest BCUT2D eigenvalue weighted by atomic mass is 32.2. The Balaban J connectivity index is 2.06. The number of anilines is 2. The van der Waals surface area contributed by atoms with Gasteiger partial charge in [-0.3, -0.25) is 9.52 Å². The van der Waals surface area contributed by atoms with E-state index in [1.807, 2.05) is 46.8 Å². The first-order chi connectivity index (χ1) is 12.1. The fraction of sp³-hybridized carbons (Fsp3) is 0.250. The maximum Gasteiger partial charge on any atom is 0.261 e. The van der Waals surface area contributed by atoms with Crippen molar-refractivity contribution in [1.29, 1.82) is 0 Å². The van der Waals surface area contributed by atoms with Crippen LogP contribution < -0.4 is 10.0 Å². The largest absolute Gasteiger partial charge is 0.321 e. The predicted octanol–water partition coefficient (Wildman–Crippen LogP) is 4.16. The average Bonchev–Trinajstić information content (AvgIpc) is 2.85. The molecule has 0 spiro atoms. The Morgan fingerprint density at radius 3 is 2.19 bits per heavy atom. The van der Waals surface area contributed by atoms with Gasteiger partial charge in [-0.2, -0.15) is 0 Å². The molecule has 2 N–H and O–H groups in total. The van der Waals surface area contributed by atoms with E-state index in [-0.39, 0.29) is 10.8 Å². The van der Waals surface area contributed by atoms with Gasteiger partial charge >= 0.3 is 0 Å². The molecule has 1 heterocycles. The Morgan fingerprint density at radius 1 is 1.00 bits per heavy atom. The van der Waals surface area contributed by atoms with Gasteiger partial charge in [0.2, 0.25) is 0 Å². The summed E-state index contributed by atoms with van der Waals surface area (Å²) in [5, 5.41) is 2.77. The van der Waals surface area contributed by atoms with Gasteiger partial charge < -0.3 is 5.32 Å². The molecule has 0 saturated heterocycles. The average molecular weight is 370 g/mol. The van der Waals surface area contributed by atoms with Gasteiger partial charge in [-0.05, 0) is 63.9 Å². The summed E-state index contributed by atoms with van der Waals surface area (Å²) in [5.41, 5.74) is 6.03. The smallest absolute Gasteiger partial charge is 0.261 e. The predicted molar refractivity (Wildman–Crippen MR) is 105 cm³/mol. The molecule has 0 radical (unpaired) electrons. The van der Waals surface area contributed by atoms with Crippen molar-refractivity contribution in [3.05, 3.63) is 58.2 Å². The molecule has 6 heteroatoms. The molecule has 0 unspecified atom stereocenters. The third-order valence-corrected chi connectivity index (χ3v) is 5.81. The molecule has 1 aliphatic rings. The summed E-state index contributed by atoms with van der Waals surface area (Å²) in [7, 11) is -3.77. The monoisotopic (exact) mass is 370 g/mol. The molecule has 0 saturated carbocycles. The Morgan fingerprint density at radius 2 is 1.62 bits per heavy atom. The van der Waals surface area contributed by atoms with Crippen molar-refractivity contribution in [3.63, 3.8) is 0 Å². The fourth-order valence-electron chi connectivity index (χ4n) is 3.34. The van der Waals surface area contributed by atoms with Gasteiger partial charge in [0.15, 0.2) is 0 Å². The van der Waals surface area contributed by atoms with Gasteiger partial charge in [0.05, 0.1) is 10.6 Å². The van der Waals surface area contributed by atoms with Crippen LogP contribution in [0.3, 0.4) is 0 Å². The van der Waals surface area contributed by atoms with Crippen LogP contribution in [0.1, 0.15) is 36.1 Å². The van der Waals surface area contributed by atoms with E-state index in [2.05, 4.69) is 10.0 Å². The van der Waals surface area contributed by atoms with E-state index in [4.69, 9.17) is 0 Å². The molecule has 0 atom stereocenters. The van der Waals surface area contributed by atoms with Gasteiger partial charge in [-0.25, -0.2) is 8.42 Å². The first kappa shape index (κ1) is 18.2. The summed E-state index contributed by atoms with van der Waals surface area (Å²) < 4.78 is 28.5. The number of fused-ring (bicyclic) bond motifs is 1. The maximum atomic E-state index is 12.9. The molecule has 5 nitrogen and oxygen atoms in total. The quantitative estimate of drug-likeness (QED) is 0.797. The second-order valence-corrected chi connectivity index (χ2v) is 8.60. The summed E-state index contributed by atoms with van der Waals surface area (Å²) in [5.74, 6) is -0.201. The number of amides is 1. The highest BCUT2D eigenvalue weighted by Gasteiger charge is 2.27. The Hall–Kier alpha value is -2.60. The summed E-state index contributed by atoms with van der Waals surface area (Å²) in [6.45, 7) is 9.41. The summed E-state index contributed by atoms with van der Waals surface area (Å²) in [4.78, 5) is 12.2. The zero-order chi connectivity index (χ0) is 19.2. The van der Waals surface area contributed by atoms with E-state index in [9.17, 15) is 13.2 Å². The minimum Gasteiger partial charge on any atom is -0.321 e. The molecule has 136 valence electrons. The van der Waals surface area contributed by atoms with E-state index in [1.54, 1.807) is 12.1 Å². The number of nitrogens with one attached hydrogen (secondary N) is 2. The number of rotatable bonds is 3. The molecule has 2 aromatic carbocycles. The number of carbonyl (C=O) groups excluding carboxylic acids is 1. The van der Waals surface area contributed by atoms with Crippen LogP contribution in [0.25, 0.3) is 5.57 Å². The lowest BCUT2D eigenvalue weighted by atomic mass is 10.0. The van der Waals surface area contributed by atoms with Crippen molar-refractivity contribution in [1.82, 2.24) is 0 Å². The zero-order valence-corrected chi connectivity index (χ0v) is 16.3. The second-order valence-electron chi connectivity index (χ2n) is 6.92. The molecular weight excluding hydrogens is 348 g/mol. The number of hydrogen-bond donors (Lipinski definition) is 2. The number of benzene rings is 2.